The van der Waals surface area contributed by atoms with Gasteiger partial charge in [-0.25, -0.2) is 0 Å². The van der Waals surface area contributed by atoms with E-state index in [-0.39, 0.29) is 0 Å². The Morgan fingerprint density at radius 2 is 2.11 bits per heavy atom. The Balaban J connectivity index is 2.18. The van der Waals surface area contributed by atoms with Gasteiger partial charge in [0.15, 0.2) is 0 Å². The first-order chi connectivity index (χ1) is 8.63. The third-order valence-corrected chi connectivity index (χ3v) is 4.10. The van der Waals surface area contributed by atoms with E-state index in [1.807, 2.05) is 0 Å². The molecule has 2 nitrogen and oxygen atoms in total. The average molecular weight is 246 g/mol. The molecule has 1 fully saturated rings. The molecule has 2 heteroatoms. The van der Waals surface area contributed by atoms with E-state index in [1.165, 1.54) is 29.7 Å². The fourth-order valence-electron chi connectivity index (χ4n) is 2.57. The highest BCUT2D eigenvalue weighted by molar-refractivity contribution is 5.55. The maximum atomic E-state index is 3.44. The first-order valence-electron chi connectivity index (χ1n) is 7.16. The molecule has 0 heterocycles. The maximum Gasteiger partial charge on any atom is 0.0411 e. The lowest BCUT2D eigenvalue weighted by Crippen LogP contribution is -2.32. The van der Waals surface area contributed by atoms with Gasteiger partial charge in [0.2, 0.25) is 0 Å². The Morgan fingerprint density at radius 1 is 1.39 bits per heavy atom. The Kier molecular flexibility index (Phi) is 4.28. The second-order valence-corrected chi connectivity index (χ2v) is 5.60. The predicted octanol–water partition coefficient (Wildman–Crippen LogP) is 3.34. The molecule has 2 rings (SSSR count). The molecule has 0 amide bonds. The number of hydrogen-bond donors (Lipinski definition) is 1. The van der Waals surface area contributed by atoms with Crippen LogP contribution in [-0.2, 0) is 6.54 Å². The molecule has 1 N–H and O–H groups in total. The number of nitrogens with zero attached hydrogens (tertiary/aromatic N) is 1. The van der Waals surface area contributed by atoms with Gasteiger partial charge in [-0.1, -0.05) is 24.6 Å². The first-order valence-corrected chi connectivity index (χ1v) is 7.16. The van der Waals surface area contributed by atoms with Gasteiger partial charge in [-0.15, -0.1) is 0 Å². The van der Waals surface area contributed by atoms with Crippen molar-refractivity contribution in [2.45, 2.75) is 46.2 Å². The van der Waals surface area contributed by atoms with Crippen LogP contribution < -0.4 is 10.2 Å². The van der Waals surface area contributed by atoms with E-state index in [4.69, 9.17) is 0 Å². The maximum absolute atomic E-state index is 3.44. The van der Waals surface area contributed by atoms with Gasteiger partial charge < -0.3 is 10.2 Å². The minimum absolute atomic E-state index is 0.660. The van der Waals surface area contributed by atoms with Gasteiger partial charge in [-0.05, 0) is 50.8 Å². The predicted molar refractivity (Wildman–Crippen MR) is 79.1 cm³/mol. The van der Waals surface area contributed by atoms with Crippen LogP contribution in [0.2, 0.25) is 0 Å². The summed E-state index contributed by atoms with van der Waals surface area (Å²) in [7, 11) is 2.24. The molecular formula is C16H26N2. The smallest absolute Gasteiger partial charge is 0.0411 e. The standard InChI is InChI=1S/C16H26N2/c1-5-17-11-15-10-12(2)6-9-16(15)18(4)13(3)14-7-8-14/h6,9-10,13-14,17H,5,7-8,11H2,1-4H3. The van der Waals surface area contributed by atoms with Crippen LogP contribution in [0, 0.1) is 12.8 Å². The molecule has 1 aliphatic carbocycles. The zero-order valence-electron chi connectivity index (χ0n) is 12.2. The summed E-state index contributed by atoms with van der Waals surface area (Å²) in [6.07, 6.45) is 2.81. The highest BCUT2D eigenvalue weighted by atomic mass is 15.1. The first kappa shape index (κ1) is 13.4. The molecule has 1 aromatic carbocycles. The van der Waals surface area contributed by atoms with Gasteiger partial charge in [0, 0.05) is 25.3 Å². The van der Waals surface area contributed by atoms with Crippen LogP contribution in [0.15, 0.2) is 18.2 Å². The van der Waals surface area contributed by atoms with Crippen LogP contribution in [0.3, 0.4) is 0 Å². The van der Waals surface area contributed by atoms with Gasteiger partial charge in [0.05, 0.1) is 0 Å². The van der Waals surface area contributed by atoms with E-state index in [2.05, 4.69) is 56.2 Å². The third kappa shape index (κ3) is 3.05. The van der Waals surface area contributed by atoms with Crippen molar-refractivity contribution in [3.63, 3.8) is 0 Å². The molecule has 1 saturated carbocycles. The Morgan fingerprint density at radius 3 is 2.72 bits per heavy atom. The quantitative estimate of drug-likeness (QED) is 0.828. The van der Waals surface area contributed by atoms with Crippen molar-refractivity contribution in [3.8, 4) is 0 Å². The van der Waals surface area contributed by atoms with Crippen molar-refractivity contribution < 1.29 is 0 Å². The van der Waals surface area contributed by atoms with E-state index in [0.717, 1.165) is 19.0 Å². The summed E-state index contributed by atoms with van der Waals surface area (Å²) in [6, 6.07) is 7.48. The van der Waals surface area contributed by atoms with Crippen molar-refractivity contribution in [3.05, 3.63) is 29.3 Å². The molecule has 0 saturated heterocycles. The molecule has 100 valence electrons. The van der Waals surface area contributed by atoms with Crippen molar-refractivity contribution >= 4 is 5.69 Å². The lowest BCUT2D eigenvalue weighted by Gasteiger charge is -2.29. The molecule has 0 aromatic heterocycles. The summed E-state index contributed by atoms with van der Waals surface area (Å²) in [4.78, 5) is 2.46. The molecule has 0 spiro atoms. The van der Waals surface area contributed by atoms with Gasteiger partial charge in [-0.3, -0.25) is 0 Å². The fourth-order valence-corrected chi connectivity index (χ4v) is 2.57. The monoisotopic (exact) mass is 246 g/mol. The number of anilines is 1. The molecule has 1 aliphatic rings. The van der Waals surface area contributed by atoms with Crippen LogP contribution in [0.5, 0.6) is 0 Å². The molecule has 1 unspecified atom stereocenters. The number of hydrogen-bond acceptors (Lipinski definition) is 2. The number of rotatable bonds is 6. The van der Waals surface area contributed by atoms with Crippen molar-refractivity contribution in [1.82, 2.24) is 5.32 Å². The van der Waals surface area contributed by atoms with Gasteiger partial charge >= 0.3 is 0 Å². The topological polar surface area (TPSA) is 15.3 Å². The second-order valence-electron chi connectivity index (χ2n) is 5.60. The van der Waals surface area contributed by atoms with Crippen molar-refractivity contribution in [2.75, 3.05) is 18.5 Å². The lowest BCUT2D eigenvalue weighted by molar-refractivity contribution is 0.605. The van der Waals surface area contributed by atoms with E-state index < -0.39 is 0 Å². The van der Waals surface area contributed by atoms with E-state index in [0.29, 0.717) is 6.04 Å². The van der Waals surface area contributed by atoms with Crippen molar-refractivity contribution in [1.29, 1.82) is 0 Å². The highest BCUT2D eigenvalue weighted by Gasteiger charge is 2.31. The van der Waals surface area contributed by atoms with Crippen LogP contribution in [0.4, 0.5) is 5.69 Å². The summed E-state index contributed by atoms with van der Waals surface area (Å²) >= 11 is 0. The van der Waals surface area contributed by atoms with Gasteiger partial charge in [0.25, 0.3) is 0 Å². The third-order valence-electron chi connectivity index (χ3n) is 4.10. The van der Waals surface area contributed by atoms with Gasteiger partial charge in [0.1, 0.15) is 0 Å². The summed E-state index contributed by atoms with van der Waals surface area (Å²) in [5, 5.41) is 3.44. The summed E-state index contributed by atoms with van der Waals surface area (Å²) in [6.45, 7) is 8.68. The van der Waals surface area contributed by atoms with E-state index >= 15 is 0 Å². The van der Waals surface area contributed by atoms with Crippen LogP contribution >= 0.6 is 0 Å². The zero-order chi connectivity index (χ0) is 13.1. The Labute approximate surface area is 111 Å². The normalized spacial score (nSPS) is 16.7. The van der Waals surface area contributed by atoms with Crippen LogP contribution in [0.1, 0.15) is 37.8 Å². The molecule has 0 bridgehead atoms. The number of benzene rings is 1. The largest absolute Gasteiger partial charge is 0.371 e. The minimum atomic E-state index is 0.660. The van der Waals surface area contributed by atoms with Gasteiger partial charge in [-0.2, -0.15) is 0 Å². The minimum Gasteiger partial charge on any atom is -0.371 e. The number of nitrogens with one attached hydrogen (secondary N) is 1. The zero-order valence-corrected chi connectivity index (χ0v) is 12.2. The summed E-state index contributed by atoms with van der Waals surface area (Å²) < 4.78 is 0. The molecule has 1 atom stereocenters. The fraction of sp³-hybridized carbons (Fsp3) is 0.625. The Hall–Kier alpha value is -1.02. The molecule has 1 aromatic rings. The summed E-state index contributed by atoms with van der Waals surface area (Å²) in [5.74, 6) is 0.906. The Bertz CT molecular complexity index is 396. The average Bonchev–Trinajstić information content (AvgIpc) is 3.19. The lowest BCUT2D eigenvalue weighted by atomic mass is 10.1. The van der Waals surface area contributed by atoms with Crippen LogP contribution in [0.25, 0.3) is 0 Å². The van der Waals surface area contributed by atoms with E-state index in [9.17, 15) is 0 Å². The van der Waals surface area contributed by atoms with Crippen LogP contribution in [-0.4, -0.2) is 19.6 Å². The number of aryl methyl sites for hydroxylation is 1. The van der Waals surface area contributed by atoms with E-state index in [1.54, 1.807) is 0 Å². The second kappa shape index (κ2) is 5.75. The molecule has 0 aliphatic heterocycles. The molecule has 18 heavy (non-hydrogen) atoms. The molecular weight excluding hydrogens is 220 g/mol. The van der Waals surface area contributed by atoms with Crippen molar-refractivity contribution in [2.24, 2.45) is 5.92 Å². The molecule has 0 radical (unpaired) electrons. The highest BCUT2D eigenvalue weighted by Crippen LogP contribution is 2.37. The summed E-state index contributed by atoms with van der Waals surface area (Å²) in [5.41, 5.74) is 4.16. The SMILES string of the molecule is CCNCc1cc(C)ccc1N(C)C(C)C1CC1.